The van der Waals surface area contributed by atoms with Gasteiger partial charge in [-0.15, -0.1) is 0 Å². The molecule has 0 N–H and O–H groups in total. The molecule has 0 saturated heterocycles. The van der Waals surface area contributed by atoms with Crippen molar-refractivity contribution >= 4 is 28.2 Å². The molecule has 2 aromatic carbocycles. The highest BCUT2D eigenvalue weighted by Gasteiger charge is 2.42. The Kier molecular flexibility index (Phi) is 7.02. The van der Waals surface area contributed by atoms with Crippen molar-refractivity contribution in [3.63, 3.8) is 0 Å². The highest BCUT2D eigenvalue weighted by Crippen LogP contribution is 2.48. The van der Waals surface area contributed by atoms with Crippen molar-refractivity contribution in [3.8, 4) is 0 Å². The molecule has 0 amide bonds. The highest BCUT2D eigenvalue weighted by atomic mass is 28.4. The number of hydrogen-bond acceptors (Lipinski definition) is 2. The van der Waals surface area contributed by atoms with Crippen molar-refractivity contribution in [1.29, 1.82) is 0 Å². The first-order chi connectivity index (χ1) is 16.6. The van der Waals surface area contributed by atoms with Crippen LogP contribution in [0.3, 0.4) is 0 Å². The molecule has 0 aromatic heterocycles. The third-order valence-corrected chi connectivity index (χ3v) is 17.8. The average Bonchev–Trinajstić information content (AvgIpc) is 3.28. The van der Waals surface area contributed by atoms with Crippen LogP contribution in [0.1, 0.15) is 88.5 Å². The fourth-order valence-electron chi connectivity index (χ4n) is 4.68. The fourth-order valence-corrected chi connectivity index (χ4v) is 6.75. The van der Waals surface area contributed by atoms with E-state index in [0.717, 1.165) is 24.4 Å². The average molecular weight is 519 g/mol. The van der Waals surface area contributed by atoms with E-state index in [2.05, 4.69) is 128 Å². The predicted molar refractivity (Wildman–Crippen MR) is 160 cm³/mol. The van der Waals surface area contributed by atoms with Gasteiger partial charge in [0.15, 0.2) is 0 Å². The van der Waals surface area contributed by atoms with E-state index in [1.54, 1.807) is 0 Å². The summed E-state index contributed by atoms with van der Waals surface area (Å²) < 4.78 is 13.6. The minimum Gasteiger partial charge on any atom is -0.543 e. The number of fused-ring (bicyclic) bond motifs is 2. The van der Waals surface area contributed by atoms with Crippen LogP contribution >= 0.6 is 0 Å². The van der Waals surface area contributed by atoms with Crippen LogP contribution in [-0.4, -0.2) is 16.6 Å². The Bertz CT molecular complexity index is 1080. The van der Waals surface area contributed by atoms with E-state index in [1.165, 1.54) is 22.3 Å². The molecule has 2 aromatic rings. The van der Waals surface area contributed by atoms with Crippen LogP contribution in [0.5, 0.6) is 0 Å². The summed E-state index contributed by atoms with van der Waals surface area (Å²) in [5.74, 6) is 3.00. The molecule has 0 radical (unpaired) electrons. The van der Waals surface area contributed by atoms with E-state index in [9.17, 15) is 0 Å². The number of allylic oxidation sites excluding steroid dienone is 2. The lowest BCUT2D eigenvalue weighted by Gasteiger charge is -2.37. The molecule has 0 aliphatic heterocycles. The van der Waals surface area contributed by atoms with Crippen molar-refractivity contribution < 1.29 is 8.85 Å². The van der Waals surface area contributed by atoms with Gasteiger partial charge in [-0.2, -0.15) is 0 Å². The molecule has 2 aliphatic carbocycles. The molecular weight excluding hydrogens is 473 g/mol. The number of rotatable bonds is 7. The van der Waals surface area contributed by atoms with Gasteiger partial charge in [-0.25, -0.2) is 0 Å². The van der Waals surface area contributed by atoms with Crippen LogP contribution in [0.2, 0.25) is 36.3 Å². The van der Waals surface area contributed by atoms with Crippen LogP contribution in [0, 0.1) is 0 Å². The third-order valence-electron chi connectivity index (χ3n) is 9.09. The zero-order chi connectivity index (χ0) is 26.5. The summed E-state index contributed by atoms with van der Waals surface area (Å²) in [4.78, 5) is 0. The molecule has 36 heavy (non-hydrogen) atoms. The Balaban J connectivity index is 1.56. The van der Waals surface area contributed by atoms with Crippen LogP contribution < -0.4 is 0 Å². The van der Waals surface area contributed by atoms with Crippen LogP contribution in [0.15, 0.2) is 60.7 Å². The van der Waals surface area contributed by atoms with E-state index < -0.39 is 16.6 Å². The minimum atomic E-state index is -1.90. The summed E-state index contributed by atoms with van der Waals surface area (Å²) in [6.07, 6.45) is 7.01. The lowest BCUT2D eigenvalue weighted by atomic mass is 9.89. The zero-order valence-electron chi connectivity index (χ0n) is 24.2. The number of benzene rings is 2. The lowest BCUT2D eigenvalue weighted by Crippen LogP contribution is -2.40. The van der Waals surface area contributed by atoms with Gasteiger partial charge in [0.05, 0.1) is 0 Å². The van der Waals surface area contributed by atoms with Gasteiger partial charge in [-0.05, 0) is 72.4 Å². The summed E-state index contributed by atoms with van der Waals surface area (Å²) in [5.41, 5.74) is 5.41. The van der Waals surface area contributed by atoms with Gasteiger partial charge in [-0.1, -0.05) is 90.1 Å². The van der Waals surface area contributed by atoms with Gasteiger partial charge in [0, 0.05) is 23.0 Å². The Hall–Kier alpha value is -2.05. The summed E-state index contributed by atoms with van der Waals surface area (Å²) >= 11 is 0. The summed E-state index contributed by atoms with van der Waals surface area (Å²) in [6.45, 7) is 23.2. The van der Waals surface area contributed by atoms with Crippen LogP contribution in [-0.2, 0) is 8.85 Å². The van der Waals surface area contributed by atoms with Crippen LogP contribution in [0.25, 0.3) is 11.5 Å². The third kappa shape index (κ3) is 5.17. The zero-order valence-corrected chi connectivity index (χ0v) is 26.2. The van der Waals surface area contributed by atoms with Gasteiger partial charge in [0.2, 0.25) is 16.6 Å². The topological polar surface area (TPSA) is 18.5 Å². The van der Waals surface area contributed by atoms with E-state index in [1.807, 2.05) is 0 Å². The Morgan fingerprint density at radius 1 is 0.583 bits per heavy atom. The Labute approximate surface area is 222 Å². The van der Waals surface area contributed by atoms with Gasteiger partial charge >= 0.3 is 0 Å². The first-order valence-electron chi connectivity index (χ1n) is 13.6. The Morgan fingerprint density at radius 3 is 1.25 bits per heavy atom. The van der Waals surface area contributed by atoms with Crippen LogP contribution in [0.4, 0.5) is 0 Å². The largest absolute Gasteiger partial charge is 0.543 e. The van der Waals surface area contributed by atoms with E-state index in [-0.39, 0.29) is 10.1 Å². The first-order valence-corrected chi connectivity index (χ1v) is 19.4. The molecule has 0 fully saturated rings. The molecular formula is C32H46O2Si2. The maximum absolute atomic E-state index is 6.82. The maximum atomic E-state index is 6.82. The van der Waals surface area contributed by atoms with Gasteiger partial charge in [0.25, 0.3) is 0 Å². The molecule has 2 nitrogen and oxygen atoms in total. The quantitative estimate of drug-likeness (QED) is 0.339. The number of hydrogen-bond donors (Lipinski definition) is 0. The molecule has 0 heterocycles. The van der Waals surface area contributed by atoms with E-state index in [0.29, 0.717) is 11.8 Å². The fraction of sp³-hybridized carbons (Fsp3) is 0.500. The summed E-state index contributed by atoms with van der Waals surface area (Å²) in [6, 6.07) is 17.7. The first kappa shape index (κ1) is 27.0. The maximum Gasteiger partial charge on any atom is 0.250 e. The van der Waals surface area contributed by atoms with E-state index in [4.69, 9.17) is 8.85 Å². The molecule has 194 valence electrons. The minimum absolute atomic E-state index is 0.180. The van der Waals surface area contributed by atoms with Crippen molar-refractivity contribution in [2.45, 2.75) is 102 Å². The van der Waals surface area contributed by atoms with Gasteiger partial charge < -0.3 is 8.85 Å². The molecule has 0 bridgehead atoms. The second kappa shape index (κ2) is 9.36. The second-order valence-corrected chi connectivity index (χ2v) is 23.2. The lowest BCUT2D eigenvalue weighted by molar-refractivity contribution is 0.457. The van der Waals surface area contributed by atoms with Crippen molar-refractivity contribution in [1.82, 2.24) is 0 Å². The molecule has 4 rings (SSSR count). The summed E-state index contributed by atoms with van der Waals surface area (Å²) in [5, 5.41) is 0.361. The van der Waals surface area contributed by atoms with Crippen molar-refractivity contribution in [2.75, 3.05) is 0 Å². The standard InChI is InChI=1S/C32H46O2Si2/c1-31(2,3)35(7,8)33-29-21-23(25-15-11-13-17-27(25)29)19-20-24-22-30(28-18-14-12-16-26(24)28)34-36(9,10)32(4,5)6/h11-18,21-24H,19-20H2,1-10H3/t23-,24-/m1/s1. The molecule has 2 aliphatic rings. The molecule has 0 saturated carbocycles. The highest BCUT2D eigenvalue weighted by molar-refractivity contribution is 6.75. The monoisotopic (exact) mass is 518 g/mol. The molecule has 4 heteroatoms. The Morgan fingerprint density at radius 2 is 0.917 bits per heavy atom. The SMILES string of the molecule is CC(C)(C)[Si](C)(C)OC1=C[C@@H](CC[C@@H]2C=C(O[Si](C)(C)C(C)(C)C)c3ccccc32)c2ccccc21. The second-order valence-electron chi connectivity index (χ2n) is 13.8. The predicted octanol–water partition coefficient (Wildman–Crippen LogP) is 10.1. The molecule has 0 unspecified atom stereocenters. The van der Waals surface area contributed by atoms with E-state index >= 15 is 0 Å². The normalized spacial score (nSPS) is 19.9. The van der Waals surface area contributed by atoms with Crippen molar-refractivity contribution in [3.05, 3.63) is 82.9 Å². The van der Waals surface area contributed by atoms with Crippen molar-refractivity contribution in [2.24, 2.45) is 0 Å². The smallest absolute Gasteiger partial charge is 0.250 e. The van der Waals surface area contributed by atoms with Gasteiger partial charge in [0.1, 0.15) is 11.5 Å². The summed E-state index contributed by atoms with van der Waals surface area (Å²) in [7, 11) is -3.80. The molecule has 0 spiro atoms. The van der Waals surface area contributed by atoms with Gasteiger partial charge in [-0.3, -0.25) is 0 Å². The molecule has 2 atom stereocenters.